The molecule has 8 nitrogen and oxygen atoms in total. The third kappa shape index (κ3) is 5.21. The van der Waals surface area contributed by atoms with Crippen molar-refractivity contribution in [1.29, 1.82) is 0 Å². The first-order chi connectivity index (χ1) is 14.6. The summed E-state index contributed by atoms with van der Waals surface area (Å²) in [6, 6.07) is 3.15. The van der Waals surface area contributed by atoms with Gasteiger partial charge >= 0.3 is 5.97 Å². The molecule has 1 heterocycles. The van der Waals surface area contributed by atoms with E-state index in [4.69, 9.17) is 13.0 Å². The summed E-state index contributed by atoms with van der Waals surface area (Å²) in [5.74, 6) is 0.0353. The van der Waals surface area contributed by atoms with Crippen LogP contribution in [-0.4, -0.2) is 53.5 Å². The number of halogens is 1. The number of esters is 1. The third-order valence-electron chi connectivity index (χ3n) is 4.94. The summed E-state index contributed by atoms with van der Waals surface area (Å²) in [5, 5.41) is 9.93. The Kier molecular flexibility index (Phi) is 7.87. The minimum atomic E-state index is -4.08. The van der Waals surface area contributed by atoms with Crippen LogP contribution in [0, 0.1) is 0 Å². The SMILES string of the molecule is [2H]c1cc(Cn2c(CCCC)nc(Cl)c2CO)ccc1S(=O)(=O)N(C)[C@@H](C)C(=O)OC. The number of imidazole rings is 1. The lowest BCUT2D eigenvalue weighted by Crippen LogP contribution is -2.40. The maximum Gasteiger partial charge on any atom is 0.323 e. The fourth-order valence-corrected chi connectivity index (χ4v) is 4.45. The molecule has 0 aliphatic rings. The van der Waals surface area contributed by atoms with E-state index in [-0.39, 0.29) is 29.2 Å². The molecule has 0 saturated heterocycles. The monoisotopic (exact) mass is 458 g/mol. The summed E-state index contributed by atoms with van der Waals surface area (Å²) in [6.45, 7) is 3.48. The predicted octanol–water partition coefficient (Wildman–Crippen LogP) is 2.60. The molecule has 0 saturated carbocycles. The number of likely N-dealkylation sites (N-methyl/N-ethyl adjacent to an activating group) is 1. The van der Waals surface area contributed by atoms with Gasteiger partial charge in [-0.2, -0.15) is 4.31 Å². The van der Waals surface area contributed by atoms with E-state index in [1.807, 2.05) is 0 Å². The maximum atomic E-state index is 12.9. The molecule has 10 heteroatoms. The minimum absolute atomic E-state index is 0.201. The molecular formula is C20H28ClN3O5S. The number of aliphatic hydroxyl groups excluding tert-OH is 1. The number of aryl methyl sites for hydroxylation is 1. The normalized spacial score (nSPS) is 13.4. The van der Waals surface area contributed by atoms with Crippen LogP contribution >= 0.6 is 11.6 Å². The molecule has 166 valence electrons. The van der Waals surface area contributed by atoms with Crippen molar-refractivity contribution in [1.82, 2.24) is 13.9 Å². The molecule has 2 rings (SSSR count). The Morgan fingerprint density at radius 3 is 2.70 bits per heavy atom. The average molecular weight is 459 g/mol. The summed E-state index contributed by atoms with van der Waals surface area (Å²) < 4.78 is 41.3. The molecule has 0 aliphatic carbocycles. The standard InChI is InChI=1S/C20H28ClN3O5S/c1-5-6-7-18-22-19(21)17(13-25)24(18)12-15-8-10-16(11-9-15)30(27,28)23(3)14(2)20(26)29-4/h8-11,14,25H,5-7,12-13H2,1-4H3/t14-/m0/s1/i10D. The van der Waals surface area contributed by atoms with Crippen LogP contribution in [0.1, 0.15) is 45.1 Å². The van der Waals surface area contributed by atoms with Crippen molar-refractivity contribution in [3.63, 3.8) is 0 Å². The first-order valence-corrected chi connectivity index (χ1v) is 11.4. The molecule has 1 aromatic heterocycles. The number of aromatic nitrogens is 2. The number of methoxy groups -OCH3 is 1. The van der Waals surface area contributed by atoms with Crippen LogP contribution in [0.4, 0.5) is 0 Å². The first kappa shape index (κ1) is 22.7. The molecule has 0 aliphatic heterocycles. The zero-order valence-electron chi connectivity index (χ0n) is 18.6. The van der Waals surface area contributed by atoms with Crippen LogP contribution in [0.25, 0.3) is 0 Å². The molecular weight excluding hydrogens is 430 g/mol. The van der Waals surface area contributed by atoms with Crippen LogP contribution in [0.5, 0.6) is 0 Å². The lowest BCUT2D eigenvalue weighted by Gasteiger charge is -2.22. The Hall–Kier alpha value is -1.94. The van der Waals surface area contributed by atoms with Gasteiger partial charge in [0.25, 0.3) is 0 Å². The van der Waals surface area contributed by atoms with Crippen molar-refractivity contribution in [3.05, 3.63) is 46.5 Å². The van der Waals surface area contributed by atoms with Gasteiger partial charge in [0.05, 0.1) is 25.7 Å². The molecule has 2 aromatic rings. The highest BCUT2D eigenvalue weighted by Crippen LogP contribution is 2.22. The summed E-state index contributed by atoms with van der Waals surface area (Å²) in [6.07, 6.45) is 2.57. The zero-order chi connectivity index (χ0) is 23.3. The summed E-state index contributed by atoms with van der Waals surface area (Å²) in [4.78, 5) is 15.8. The fourth-order valence-electron chi connectivity index (χ4n) is 2.93. The molecule has 1 atom stereocenters. The van der Waals surface area contributed by atoms with Crippen molar-refractivity contribution in [2.45, 2.75) is 57.2 Å². The minimum Gasteiger partial charge on any atom is -0.468 e. The van der Waals surface area contributed by atoms with Gasteiger partial charge in [-0.3, -0.25) is 4.79 Å². The van der Waals surface area contributed by atoms with Crippen molar-refractivity contribution < 1.29 is 24.4 Å². The van der Waals surface area contributed by atoms with E-state index in [2.05, 4.69) is 16.6 Å². The number of ether oxygens (including phenoxy) is 1. The summed E-state index contributed by atoms with van der Waals surface area (Å²) >= 11 is 6.16. The molecule has 30 heavy (non-hydrogen) atoms. The van der Waals surface area contributed by atoms with Gasteiger partial charge < -0.3 is 14.4 Å². The second kappa shape index (κ2) is 10.4. The number of rotatable bonds is 10. The van der Waals surface area contributed by atoms with Gasteiger partial charge in [-0.25, -0.2) is 13.4 Å². The average Bonchev–Trinajstić information content (AvgIpc) is 3.04. The molecule has 0 spiro atoms. The van der Waals surface area contributed by atoms with Crippen LogP contribution in [0.2, 0.25) is 5.15 Å². The zero-order valence-corrected chi connectivity index (χ0v) is 19.1. The highest BCUT2D eigenvalue weighted by Gasteiger charge is 2.30. The largest absolute Gasteiger partial charge is 0.468 e. The van der Waals surface area contributed by atoms with Gasteiger partial charge in [-0.15, -0.1) is 0 Å². The lowest BCUT2D eigenvalue weighted by atomic mass is 10.2. The van der Waals surface area contributed by atoms with Gasteiger partial charge in [-0.05, 0) is 31.0 Å². The second-order valence-electron chi connectivity index (χ2n) is 6.89. The van der Waals surface area contributed by atoms with Gasteiger partial charge in [0.1, 0.15) is 11.9 Å². The summed E-state index contributed by atoms with van der Waals surface area (Å²) in [5.41, 5.74) is 1.14. The van der Waals surface area contributed by atoms with Gasteiger partial charge in [0, 0.05) is 20.0 Å². The van der Waals surface area contributed by atoms with E-state index in [1.54, 1.807) is 10.6 Å². The topological polar surface area (TPSA) is 102 Å². The van der Waals surface area contributed by atoms with Crippen LogP contribution in [0.3, 0.4) is 0 Å². The van der Waals surface area contributed by atoms with E-state index < -0.39 is 22.0 Å². The Bertz CT molecular complexity index is 1040. The van der Waals surface area contributed by atoms with Crippen molar-refractivity contribution in [2.75, 3.05) is 14.2 Å². The van der Waals surface area contributed by atoms with Crippen LogP contribution in [-0.2, 0) is 39.1 Å². The van der Waals surface area contributed by atoms with E-state index in [0.29, 0.717) is 17.7 Å². The number of hydrogen-bond donors (Lipinski definition) is 1. The predicted molar refractivity (Wildman–Crippen MR) is 114 cm³/mol. The Morgan fingerprint density at radius 2 is 2.13 bits per heavy atom. The van der Waals surface area contributed by atoms with E-state index in [0.717, 1.165) is 23.0 Å². The van der Waals surface area contributed by atoms with Crippen molar-refractivity contribution >= 4 is 27.6 Å². The lowest BCUT2D eigenvalue weighted by molar-refractivity contribution is -0.144. The van der Waals surface area contributed by atoms with E-state index in [9.17, 15) is 18.3 Å². The number of unbranched alkanes of at least 4 members (excludes halogenated alkanes) is 1. The molecule has 0 fully saturated rings. The number of nitrogens with zero attached hydrogens (tertiary/aromatic N) is 3. The maximum absolute atomic E-state index is 12.9. The number of hydrogen-bond acceptors (Lipinski definition) is 6. The third-order valence-corrected chi connectivity index (χ3v) is 7.13. The smallest absolute Gasteiger partial charge is 0.323 e. The second-order valence-corrected chi connectivity index (χ2v) is 9.22. The van der Waals surface area contributed by atoms with Gasteiger partial charge in [0.15, 0.2) is 5.15 Å². The number of carbonyl (C=O) groups is 1. The van der Waals surface area contributed by atoms with Crippen LogP contribution in [0.15, 0.2) is 29.1 Å². The first-order valence-electron chi connectivity index (χ1n) is 10.1. The molecule has 0 bridgehead atoms. The van der Waals surface area contributed by atoms with E-state index >= 15 is 0 Å². The molecule has 1 aromatic carbocycles. The molecule has 0 unspecified atom stereocenters. The highest BCUT2D eigenvalue weighted by molar-refractivity contribution is 7.89. The molecule has 0 radical (unpaired) electrons. The van der Waals surface area contributed by atoms with Gasteiger partial charge in [-0.1, -0.05) is 37.1 Å². The Labute approximate surface area is 183 Å². The van der Waals surface area contributed by atoms with Crippen molar-refractivity contribution in [2.24, 2.45) is 0 Å². The Morgan fingerprint density at radius 1 is 1.43 bits per heavy atom. The van der Waals surface area contributed by atoms with E-state index in [1.165, 1.54) is 33.2 Å². The molecule has 0 amide bonds. The van der Waals surface area contributed by atoms with Crippen LogP contribution < -0.4 is 0 Å². The quantitative estimate of drug-likeness (QED) is 0.549. The number of benzene rings is 1. The number of aliphatic hydroxyl groups is 1. The fraction of sp³-hybridized carbons (Fsp3) is 0.500. The molecule has 1 N–H and O–H groups in total. The Balaban J connectivity index is 2.37. The number of sulfonamides is 1. The summed E-state index contributed by atoms with van der Waals surface area (Å²) in [7, 11) is -1.63. The highest BCUT2D eigenvalue weighted by atomic mass is 35.5. The van der Waals surface area contributed by atoms with Gasteiger partial charge in [0.2, 0.25) is 10.0 Å². The number of carbonyl (C=O) groups excluding carboxylic acids is 1. The van der Waals surface area contributed by atoms with Crippen molar-refractivity contribution in [3.8, 4) is 0 Å².